The second-order valence-electron chi connectivity index (χ2n) is 8.56. The topological polar surface area (TPSA) is 77.4 Å². The number of rotatable bonds is 4. The van der Waals surface area contributed by atoms with Gasteiger partial charge < -0.3 is 24.7 Å². The van der Waals surface area contributed by atoms with Gasteiger partial charge in [0.2, 0.25) is 0 Å². The number of carbonyl (C=O) groups is 1. The van der Waals surface area contributed by atoms with Crippen LogP contribution in [0.3, 0.4) is 0 Å². The average Bonchev–Trinajstić information content (AvgIpc) is 2.91. The molecular formula is C18H30N4O3. The van der Waals surface area contributed by atoms with Crippen LogP contribution in [-0.2, 0) is 29.2 Å². The van der Waals surface area contributed by atoms with Crippen molar-refractivity contribution in [1.29, 1.82) is 0 Å². The molecule has 0 bridgehead atoms. The highest BCUT2D eigenvalue weighted by atomic mass is 16.6. The molecule has 0 spiro atoms. The number of amides is 1. The lowest BCUT2D eigenvalue weighted by Crippen LogP contribution is -2.66. The first kappa shape index (κ1) is 18.2. The van der Waals surface area contributed by atoms with Gasteiger partial charge in [0.05, 0.1) is 12.3 Å². The molecule has 1 saturated carbocycles. The normalized spacial score (nSPS) is 25.0. The van der Waals surface area contributed by atoms with Crippen molar-refractivity contribution in [3.8, 4) is 0 Å². The summed E-state index contributed by atoms with van der Waals surface area (Å²) in [7, 11) is 0. The van der Waals surface area contributed by atoms with Gasteiger partial charge in [-0.3, -0.25) is 0 Å². The SMILES string of the molecule is CC(C)(C)OC(=O)NC1CC(NCc2cnc3n2CCOC3)C1(C)C. The van der Waals surface area contributed by atoms with Crippen molar-refractivity contribution in [3.63, 3.8) is 0 Å². The third kappa shape index (κ3) is 3.98. The molecule has 1 aromatic rings. The molecule has 2 aliphatic rings. The van der Waals surface area contributed by atoms with E-state index in [1.165, 1.54) is 5.69 Å². The predicted octanol–water partition coefficient (Wildman–Crippen LogP) is 2.19. The highest BCUT2D eigenvalue weighted by molar-refractivity contribution is 5.68. The Hall–Kier alpha value is -1.60. The fraction of sp³-hybridized carbons (Fsp3) is 0.778. The zero-order chi connectivity index (χ0) is 18.2. The van der Waals surface area contributed by atoms with Crippen LogP contribution in [0.15, 0.2) is 6.20 Å². The van der Waals surface area contributed by atoms with Crippen molar-refractivity contribution in [2.45, 2.75) is 78.4 Å². The maximum absolute atomic E-state index is 12.0. The Bertz CT molecular complexity index is 633. The van der Waals surface area contributed by atoms with Gasteiger partial charge in [-0.2, -0.15) is 0 Å². The van der Waals surface area contributed by atoms with E-state index in [0.717, 1.165) is 31.9 Å². The molecule has 140 valence electrons. The van der Waals surface area contributed by atoms with Crippen LogP contribution in [0.1, 0.15) is 52.6 Å². The molecule has 2 atom stereocenters. The molecule has 3 rings (SSSR count). The Morgan fingerprint density at radius 2 is 2.20 bits per heavy atom. The molecule has 1 amide bonds. The van der Waals surface area contributed by atoms with Crippen LogP contribution in [0.25, 0.3) is 0 Å². The molecule has 25 heavy (non-hydrogen) atoms. The maximum Gasteiger partial charge on any atom is 0.407 e. The quantitative estimate of drug-likeness (QED) is 0.870. The number of nitrogens with zero attached hydrogens (tertiary/aromatic N) is 2. The predicted molar refractivity (Wildman–Crippen MR) is 94.1 cm³/mol. The Morgan fingerprint density at radius 1 is 1.44 bits per heavy atom. The van der Waals surface area contributed by atoms with Crippen molar-refractivity contribution >= 4 is 6.09 Å². The Morgan fingerprint density at radius 3 is 2.88 bits per heavy atom. The number of carbonyl (C=O) groups excluding carboxylic acids is 1. The summed E-state index contributed by atoms with van der Waals surface area (Å²) >= 11 is 0. The minimum atomic E-state index is -0.472. The molecule has 7 heteroatoms. The molecule has 1 aliphatic heterocycles. The van der Waals surface area contributed by atoms with Crippen molar-refractivity contribution in [2.75, 3.05) is 6.61 Å². The van der Waals surface area contributed by atoms with E-state index in [0.29, 0.717) is 12.6 Å². The van der Waals surface area contributed by atoms with E-state index in [2.05, 4.69) is 34.0 Å². The summed E-state index contributed by atoms with van der Waals surface area (Å²) in [5.41, 5.74) is 0.697. The number of ether oxygens (including phenoxy) is 2. The monoisotopic (exact) mass is 350 g/mol. The van der Waals surface area contributed by atoms with Crippen molar-refractivity contribution in [1.82, 2.24) is 20.2 Å². The van der Waals surface area contributed by atoms with Gasteiger partial charge in [-0.05, 0) is 27.2 Å². The zero-order valence-electron chi connectivity index (χ0n) is 15.9. The second-order valence-corrected chi connectivity index (χ2v) is 8.56. The third-order valence-electron chi connectivity index (χ3n) is 5.20. The van der Waals surface area contributed by atoms with E-state index in [4.69, 9.17) is 9.47 Å². The molecular weight excluding hydrogens is 320 g/mol. The Kier molecular flexibility index (Phi) is 4.81. The Balaban J connectivity index is 1.50. The molecule has 2 heterocycles. The van der Waals surface area contributed by atoms with E-state index >= 15 is 0 Å². The highest BCUT2D eigenvalue weighted by Gasteiger charge is 2.49. The Labute approximate surface area is 149 Å². The molecule has 1 aliphatic carbocycles. The maximum atomic E-state index is 12.0. The van der Waals surface area contributed by atoms with E-state index in [-0.39, 0.29) is 17.6 Å². The van der Waals surface area contributed by atoms with Crippen LogP contribution in [0.4, 0.5) is 4.79 Å². The minimum Gasteiger partial charge on any atom is -0.444 e. The number of alkyl carbamates (subject to hydrolysis) is 1. The first-order chi connectivity index (χ1) is 11.7. The average molecular weight is 350 g/mol. The summed E-state index contributed by atoms with van der Waals surface area (Å²) < 4.78 is 13.0. The van der Waals surface area contributed by atoms with Gasteiger partial charge in [-0.25, -0.2) is 9.78 Å². The smallest absolute Gasteiger partial charge is 0.407 e. The highest BCUT2D eigenvalue weighted by Crippen LogP contribution is 2.41. The van der Waals surface area contributed by atoms with Crippen LogP contribution < -0.4 is 10.6 Å². The molecule has 2 N–H and O–H groups in total. The molecule has 0 radical (unpaired) electrons. The van der Waals surface area contributed by atoms with Crippen LogP contribution >= 0.6 is 0 Å². The van der Waals surface area contributed by atoms with Crippen molar-refractivity contribution in [3.05, 3.63) is 17.7 Å². The van der Waals surface area contributed by atoms with Gasteiger partial charge in [-0.1, -0.05) is 13.8 Å². The van der Waals surface area contributed by atoms with Gasteiger partial charge in [0.1, 0.15) is 18.0 Å². The third-order valence-corrected chi connectivity index (χ3v) is 5.20. The number of fused-ring (bicyclic) bond motifs is 1. The van der Waals surface area contributed by atoms with Crippen LogP contribution in [0.5, 0.6) is 0 Å². The summed E-state index contributed by atoms with van der Waals surface area (Å²) in [4.78, 5) is 16.4. The van der Waals surface area contributed by atoms with Crippen molar-refractivity contribution < 1.29 is 14.3 Å². The summed E-state index contributed by atoms with van der Waals surface area (Å²) in [6, 6.07) is 0.464. The van der Waals surface area contributed by atoms with Crippen LogP contribution in [0, 0.1) is 5.41 Å². The van der Waals surface area contributed by atoms with Crippen LogP contribution in [-0.4, -0.2) is 39.9 Å². The number of imidazole rings is 1. The van der Waals surface area contributed by atoms with E-state index in [1.807, 2.05) is 27.0 Å². The largest absolute Gasteiger partial charge is 0.444 e. The lowest BCUT2D eigenvalue weighted by Gasteiger charge is -2.52. The standard InChI is InChI=1S/C18H30N4O3/c1-17(2,3)25-16(23)21-14-8-13(18(14,4)5)19-9-12-10-20-15-11-24-7-6-22(12)15/h10,13-14,19H,6-9,11H2,1-5H3,(H,21,23). The second kappa shape index (κ2) is 6.61. The molecule has 2 unspecified atom stereocenters. The van der Waals surface area contributed by atoms with Gasteiger partial charge in [0.15, 0.2) is 0 Å². The van der Waals surface area contributed by atoms with E-state index < -0.39 is 5.60 Å². The van der Waals surface area contributed by atoms with Gasteiger partial charge in [0, 0.05) is 36.8 Å². The zero-order valence-corrected chi connectivity index (χ0v) is 15.9. The number of hydrogen-bond acceptors (Lipinski definition) is 5. The summed E-state index contributed by atoms with van der Waals surface area (Å²) in [5, 5.41) is 6.62. The molecule has 1 fully saturated rings. The van der Waals surface area contributed by atoms with Gasteiger partial charge in [0.25, 0.3) is 0 Å². The van der Waals surface area contributed by atoms with E-state index in [1.54, 1.807) is 0 Å². The molecule has 1 aromatic heterocycles. The fourth-order valence-electron chi connectivity index (χ4n) is 3.50. The molecule has 0 aromatic carbocycles. The minimum absolute atomic E-state index is 0.0231. The summed E-state index contributed by atoms with van der Waals surface area (Å²) in [6.07, 6.45) is 2.49. The molecule has 7 nitrogen and oxygen atoms in total. The van der Waals surface area contributed by atoms with Crippen LogP contribution in [0.2, 0.25) is 0 Å². The van der Waals surface area contributed by atoms with Gasteiger partial charge >= 0.3 is 6.09 Å². The number of hydrogen-bond donors (Lipinski definition) is 2. The summed E-state index contributed by atoms with van der Waals surface area (Å²) in [5.74, 6) is 1.00. The number of aromatic nitrogens is 2. The summed E-state index contributed by atoms with van der Waals surface area (Å²) in [6.45, 7) is 13.0. The first-order valence-electron chi connectivity index (χ1n) is 9.01. The lowest BCUT2D eigenvalue weighted by molar-refractivity contribution is 0.0159. The lowest BCUT2D eigenvalue weighted by atomic mass is 9.63. The first-order valence-corrected chi connectivity index (χ1v) is 9.01. The van der Waals surface area contributed by atoms with Gasteiger partial charge in [-0.15, -0.1) is 0 Å². The number of nitrogens with one attached hydrogen (secondary N) is 2. The van der Waals surface area contributed by atoms with Crippen molar-refractivity contribution in [2.24, 2.45) is 5.41 Å². The van der Waals surface area contributed by atoms with E-state index in [9.17, 15) is 4.79 Å². The fourth-order valence-corrected chi connectivity index (χ4v) is 3.50. The molecule has 0 saturated heterocycles.